The predicted molar refractivity (Wildman–Crippen MR) is 52.6 cm³/mol. The van der Waals surface area contributed by atoms with Crippen molar-refractivity contribution in [3.8, 4) is 5.75 Å². The molecule has 0 bridgehead atoms. The van der Waals surface area contributed by atoms with Crippen LogP contribution in [0.15, 0.2) is 24.3 Å². The van der Waals surface area contributed by atoms with Crippen LogP contribution in [0.4, 0.5) is 0 Å². The zero-order valence-corrected chi connectivity index (χ0v) is 8.03. The van der Waals surface area contributed by atoms with Crippen molar-refractivity contribution in [1.29, 1.82) is 0 Å². The second-order valence-corrected chi connectivity index (χ2v) is 3.10. The molecule has 0 aromatic heterocycles. The van der Waals surface area contributed by atoms with Crippen molar-refractivity contribution in [3.63, 3.8) is 0 Å². The van der Waals surface area contributed by atoms with Crippen LogP contribution in [0.5, 0.6) is 5.75 Å². The van der Waals surface area contributed by atoms with Crippen LogP contribution in [-0.4, -0.2) is 18.8 Å². The highest BCUT2D eigenvalue weighted by Crippen LogP contribution is 2.16. The van der Waals surface area contributed by atoms with Crippen molar-refractivity contribution in [2.24, 2.45) is 5.92 Å². The summed E-state index contributed by atoms with van der Waals surface area (Å²) >= 11 is 0. The molecule has 1 atom stereocenters. The largest absolute Gasteiger partial charge is 0.497 e. The summed E-state index contributed by atoms with van der Waals surface area (Å²) in [5.41, 5.74) is 1.08. The highest BCUT2D eigenvalue weighted by Gasteiger charge is 2.02. The van der Waals surface area contributed by atoms with Gasteiger partial charge in [0.05, 0.1) is 7.11 Å². The first-order valence-corrected chi connectivity index (χ1v) is 4.36. The zero-order valence-electron chi connectivity index (χ0n) is 8.03. The third-order valence-electron chi connectivity index (χ3n) is 1.86. The lowest BCUT2D eigenvalue weighted by Gasteiger charge is -2.08. The third kappa shape index (κ3) is 3.07. The molecule has 0 fully saturated rings. The Labute approximate surface area is 79.2 Å². The number of hydrogen-bond donors (Lipinski definition) is 1. The van der Waals surface area contributed by atoms with E-state index in [9.17, 15) is 0 Å². The van der Waals surface area contributed by atoms with Gasteiger partial charge in [0.15, 0.2) is 0 Å². The Hall–Kier alpha value is -1.02. The lowest BCUT2D eigenvalue weighted by atomic mass is 10.0. The fourth-order valence-electron chi connectivity index (χ4n) is 1.13. The SMILES string of the molecule is COc1cccc([CH]C(C)CO)c1. The maximum atomic E-state index is 8.86. The van der Waals surface area contributed by atoms with E-state index in [-0.39, 0.29) is 12.5 Å². The fraction of sp³-hybridized carbons (Fsp3) is 0.364. The Morgan fingerprint density at radius 3 is 2.92 bits per heavy atom. The Morgan fingerprint density at radius 1 is 1.54 bits per heavy atom. The Morgan fingerprint density at radius 2 is 2.31 bits per heavy atom. The van der Waals surface area contributed by atoms with Gasteiger partial charge in [0.2, 0.25) is 0 Å². The molecule has 13 heavy (non-hydrogen) atoms. The van der Waals surface area contributed by atoms with Gasteiger partial charge in [-0.05, 0) is 30.0 Å². The van der Waals surface area contributed by atoms with Crippen LogP contribution < -0.4 is 4.74 Å². The van der Waals surface area contributed by atoms with E-state index in [0.29, 0.717) is 0 Å². The van der Waals surface area contributed by atoms with Crippen LogP contribution >= 0.6 is 0 Å². The standard InChI is InChI=1S/C11H15O2/c1-9(8-12)6-10-4-3-5-11(7-10)13-2/h3-7,9,12H,8H2,1-2H3. The second-order valence-electron chi connectivity index (χ2n) is 3.10. The molecule has 0 aliphatic carbocycles. The molecule has 0 amide bonds. The minimum Gasteiger partial charge on any atom is -0.497 e. The zero-order chi connectivity index (χ0) is 9.68. The van der Waals surface area contributed by atoms with E-state index in [1.807, 2.05) is 37.6 Å². The number of aliphatic hydroxyl groups is 1. The van der Waals surface area contributed by atoms with Crippen molar-refractivity contribution in [1.82, 2.24) is 0 Å². The van der Waals surface area contributed by atoms with E-state index < -0.39 is 0 Å². The van der Waals surface area contributed by atoms with Gasteiger partial charge < -0.3 is 9.84 Å². The molecule has 0 heterocycles. The average molecular weight is 179 g/mol. The van der Waals surface area contributed by atoms with Crippen LogP contribution in [0.25, 0.3) is 0 Å². The number of aliphatic hydroxyl groups excluding tert-OH is 1. The quantitative estimate of drug-likeness (QED) is 0.764. The molecule has 1 rings (SSSR count). The number of hydrogen-bond acceptors (Lipinski definition) is 2. The molecule has 1 unspecified atom stereocenters. The van der Waals surface area contributed by atoms with Crippen molar-refractivity contribution >= 4 is 0 Å². The Bertz CT molecular complexity index is 258. The summed E-state index contributed by atoms with van der Waals surface area (Å²) in [4.78, 5) is 0. The first kappa shape index (κ1) is 10.1. The first-order chi connectivity index (χ1) is 6.26. The summed E-state index contributed by atoms with van der Waals surface area (Å²) in [7, 11) is 1.65. The lowest BCUT2D eigenvalue weighted by Crippen LogP contribution is -2.01. The molecular weight excluding hydrogens is 164 g/mol. The summed E-state index contributed by atoms with van der Waals surface area (Å²) in [6.07, 6.45) is 2.02. The van der Waals surface area contributed by atoms with Crippen LogP contribution in [-0.2, 0) is 0 Å². The molecular formula is C11H15O2. The van der Waals surface area contributed by atoms with Gasteiger partial charge in [0.1, 0.15) is 5.75 Å². The molecule has 2 nitrogen and oxygen atoms in total. The lowest BCUT2D eigenvalue weighted by molar-refractivity contribution is 0.256. The van der Waals surface area contributed by atoms with Crippen molar-refractivity contribution < 1.29 is 9.84 Å². The molecule has 1 aromatic carbocycles. The highest BCUT2D eigenvalue weighted by molar-refractivity contribution is 5.33. The number of ether oxygens (including phenoxy) is 1. The highest BCUT2D eigenvalue weighted by atomic mass is 16.5. The smallest absolute Gasteiger partial charge is 0.119 e. The van der Waals surface area contributed by atoms with Gasteiger partial charge >= 0.3 is 0 Å². The van der Waals surface area contributed by atoms with Crippen LogP contribution in [0, 0.1) is 12.3 Å². The number of rotatable bonds is 4. The second kappa shape index (κ2) is 4.87. The van der Waals surface area contributed by atoms with Gasteiger partial charge in [-0.3, -0.25) is 0 Å². The van der Waals surface area contributed by atoms with Crippen LogP contribution in [0.2, 0.25) is 0 Å². The monoisotopic (exact) mass is 179 g/mol. The van der Waals surface area contributed by atoms with Gasteiger partial charge in [-0.2, -0.15) is 0 Å². The molecule has 0 saturated heterocycles. The minimum atomic E-state index is 0.178. The first-order valence-electron chi connectivity index (χ1n) is 4.36. The fourth-order valence-corrected chi connectivity index (χ4v) is 1.13. The van der Waals surface area contributed by atoms with Gasteiger partial charge in [-0.1, -0.05) is 19.1 Å². The molecule has 0 aliphatic heterocycles. The summed E-state index contributed by atoms with van der Waals surface area (Å²) in [6, 6.07) is 7.79. The molecule has 71 valence electrons. The van der Waals surface area contributed by atoms with E-state index in [2.05, 4.69) is 0 Å². The number of benzene rings is 1. The van der Waals surface area contributed by atoms with Crippen LogP contribution in [0.3, 0.4) is 0 Å². The van der Waals surface area contributed by atoms with Gasteiger partial charge in [0, 0.05) is 6.61 Å². The van der Waals surface area contributed by atoms with Crippen LogP contribution in [0.1, 0.15) is 12.5 Å². The third-order valence-corrected chi connectivity index (χ3v) is 1.86. The summed E-state index contributed by atoms with van der Waals surface area (Å²) in [6.45, 7) is 2.15. The maximum Gasteiger partial charge on any atom is 0.119 e. The van der Waals surface area contributed by atoms with E-state index in [1.165, 1.54) is 0 Å². The van der Waals surface area contributed by atoms with Crippen molar-refractivity contribution in [2.75, 3.05) is 13.7 Å². The van der Waals surface area contributed by atoms with E-state index in [0.717, 1.165) is 11.3 Å². The minimum absolute atomic E-state index is 0.178. The van der Waals surface area contributed by atoms with Crippen molar-refractivity contribution in [3.05, 3.63) is 36.2 Å². The normalized spacial score (nSPS) is 12.5. The van der Waals surface area contributed by atoms with Gasteiger partial charge in [-0.15, -0.1) is 0 Å². The molecule has 0 aliphatic rings. The number of methoxy groups -OCH3 is 1. The molecule has 1 N–H and O–H groups in total. The van der Waals surface area contributed by atoms with E-state index in [4.69, 9.17) is 9.84 Å². The van der Waals surface area contributed by atoms with Gasteiger partial charge in [0.25, 0.3) is 0 Å². The molecule has 1 aromatic rings. The van der Waals surface area contributed by atoms with E-state index >= 15 is 0 Å². The topological polar surface area (TPSA) is 29.5 Å². The maximum absolute atomic E-state index is 8.86. The van der Waals surface area contributed by atoms with Gasteiger partial charge in [-0.25, -0.2) is 0 Å². The Kier molecular flexibility index (Phi) is 3.77. The average Bonchev–Trinajstić information content (AvgIpc) is 2.18. The van der Waals surface area contributed by atoms with E-state index in [1.54, 1.807) is 7.11 Å². The van der Waals surface area contributed by atoms with Crippen molar-refractivity contribution in [2.45, 2.75) is 6.92 Å². The molecule has 0 spiro atoms. The summed E-state index contributed by atoms with van der Waals surface area (Å²) in [5.74, 6) is 1.03. The molecule has 2 heteroatoms. The molecule has 1 radical (unpaired) electrons. The summed E-state index contributed by atoms with van der Waals surface area (Å²) in [5, 5.41) is 8.86. The Balaban J connectivity index is 2.66. The predicted octanol–water partition coefficient (Wildman–Crippen LogP) is 1.88. The summed E-state index contributed by atoms with van der Waals surface area (Å²) < 4.78 is 5.09. The molecule has 0 saturated carbocycles.